The molecule has 17 heavy (non-hydrogen) atoms. The van der Waals surface area contributed by atoms with Gasteiger partial charge in [0.25, 0.3) is 0 Å². The quantitative estimate of drug-likeness (QED) is 0.867. The van der Waals surface area contributed by atoms with Gasteiger partial charge in [0.1, 0.15) is 0 Å². The molecule has 2 nitrogen and oxygen atoms in total. The van der Waals surface area contributed by atoms with E-state index < -0.39 is 0 Å². The fourth-order valence-corrected chi connectivity index (χ4v) is 1.65. The van der Waals surface area contributed by atoms with E-state index in [9.17, 15) is 4.39 Å². The molecule has 0 aromatic heterocycles. The first kappa shape index (κ1) is 14.5. The van der Waals surface area contributed by atoms with Crippen LogP contribution in [-0.2, 0) is 0 Å². The highest BCUT2D eigenvalue weighted by molar-refractivity contribution is 9.10. The highest BCUT2D eigenvalue weighted by Gasteiger charge is 2.07. The predicted molar refractivity (Wildman–Crippen MR) is 71.9 cm³/mol. The molecule has 1 unspecified atom stereocenters. The van der Waals surface area contributed by atoms with E-state index in [0.29, 0.717) is 24.3 Å². The van der Waals surface area contributed by atoms with Crippen LogP contribution in [0.25, 0.3) is 0 Å². The number of nitrogens with one attached hydrogen (secondary N) is 1. The number of hydrogen-bond acceptors (Lipinski definition) is 2. The van der Waals surface area contributed by atoms with E-state index in [0.717, 1.165) is 11.0 Å². The van der Waals surface area contributed by atoms with Crippen LogP contribution in [0.2, 0.25) is 0 Å². The first-order valence-electron chi connectivity index (χ1n) is 5.80. The van der Waals surface area contributed by atoms with Crippen LogP contribution in [0.15, 0.2) is 22.7 Å². The van der Waals surface area contributed by atoms with Gasteiger partial charge < -0.3 is 10.1 Å². The first-order valence-corrected chi connectivity index (χ1v) is 6.59. The molecule has 0 aliphatic carbocycles. The van der Waals surface area contributed by atoms with E-state index in [1.54, 1.807) is 12.1 Å². The van der Waals surface area contributed by atoms with Gasteiger partial charge in [-0.15, -0.1) is 0 Å². The van der Waals surface area contributed by atoms with Crippen molar-refractivity contribution in [2.24, 2.45) is 5.92 Å². The minimum atomic E-state index is -0.330. The molecule has 4 heteroatoms. The maximum absolute atomic E-state index is 13.4. The summed E-state index contributed by atoms with van der Waals surface area (Å²) >= 11 is 3.21. The molecule has 0 fully saturated rings. The van der Waals surface area contributed by atoms with E-state index in [1.165, 1.54) is 6.07 Å². The number of halogens is 2. The zero-order valence-corrected chi connectivity index (χ0v) is 12.1. The molecule has 0 amide bonds. The van der Waals surface area contributed by atoms with Crippen molar-refractivity contribution in [3.8, 4) is 5.75 Å². The van der Waals surface area contributed by atoms with Crippen molar-refractivity contribution in [3.63, 3.8) is 0 Å². The lowest BCUT2D eigenvalue weighted by Crippen LogP contribution is -2.30. The van der Waals surface area contributed by atoms with Crippen LogP contribution in [-0.4, -0.2) is 19.2 Å². The normalized spacial score (nSPS) is 12.8. The second-order valence-electron chi connectivity index (χ2n) is 4.55. The Bertz CT molecular complexity index is 357. The molecular weight excluding hydrogens is 285 g/mol. The zero-order valence-electron chi connectivity index (χ0n) is 10.5. The Kier molecular flexibility index (Phi) is 5.92. The molecule has 0 aliphatic rings. The smallest absolute Gasteiger partial charge is 0.166 e. The molecule has 0 bridgehead atoms. The molecular formula is C13H19BrFNO. The van der Waals surface area contributed by atoms with Crippen LogP contribution in [0, 0.1) is 11.7 Å². The van der Waals surface area contributed by atoms with E-state index in [2.05, 4.69) is 42.0 Å². The largest absolute Gasteiger partial charge is 0.490 e. The summed E-state index contributed by atoms with van der Waals surface area (Å²) in [5, 5.41) is 3.32. The van der Waals surface area contributed by atoms with Gasteiger partial charge in [0.2, 0.25) is 0 Å². The van der Waals surface area contributed by atoms with Crippen LogP contribution >= 0.6 is 15.9 Å². The Hall–Kier alpha value is -0.610. The summed E-state index contributed by atoms with van der Waals surface area (Å²) in [6.45, 7) is 7.66. The van der Waals surface area contributed by atoms with Gasteiger partial charge in [-0.25, -0.2) is 4.39 Å². The predicted octanol–water partition coefficient (Wildman–Crippen LogP) is 3.60. The number of hydrogen-bond donors (Lipinski definition) is 1. The van der Waals surface area contributed by atoms with Gasteiger partial charge in [-0.2, -0.15) is 0 Å². The van der Waals surface area contributed by atoms with Gasteiger partial charge in [-0.1, -0.05) is 36.7 Å². The standard InChI is InChI=1S/C13H19BrFNO/c1-9(2)16-7-10(3)8-17-13-5-4-11(14)6-12(13)15/h4-6,9-10,16H,7-8H2,1-3H3. The minimum Gasteiger partial charge on any atom is -0.490 e. The van der Waals surface area contributed by atoms with Gasteiger partial charge in [0, 0.05) is 23.0 Å². The SMILES string of the molecule is CC(CNC(C)C)COc1ccc(Br)cc1F. The summed E-state index contributed by atoms with van der Waals surface area (Å²) in [5.41, 5.74) is 0. The lowest BCUT2D eigenvalue weighted by Gasteiger charge is -2.16. The molecule has 1 atom stereocenters. The summed E-state index contributed by atoms with van der Waals surface area (Å²) in [6, 6.07) is 5.28. The summed E-state index contributed by atoms with van der Waals surface area (Å²) in [4.78, 5) is 0. The average molecular weight is 304 g/mol. The van der Waals surface area contributed by atoms with Gasteiger partial charge in [0.15, 0.2) is 11.6 Å². The summed E-state index contributed by atoms with van der Waals surface area (Å²) in [7, 11) is 0. The summed E-state index contributed by atoms with van der Waals surface area (Å²) in [6.07, 6.45) is 0. The first-order chi connectivity index (χ1) is 7.99. The van der Waals surface area contributed by atoms with Crippen LogP contribution in [0.1, 0.15) is 20.8 Å². The third-order valence-corrected chi connectivity index (χ3v) is 2.79. The Morgan fingerprint density at radius 1 is 1.35 bits per heavy atom. The van der Waals surface area contributed by atoms with Crippen LogP contribution in [0.4, 0.5) is 4.39 Å². The zero-order chi connectivity index (χ0) is 12.8. The van der Waals surface area contributed by atoms with Crippen molar-refractivity contribution in [2.75, 3.05) is 13.2 Å². The molecule has 0 heterocycles. The monoisotopic (exact) mass is 303 g/mol. The van der Waals surface area contributed by atoms with E-state index in [1.807, 2.05) is 0 Å². The molecule has 1 aromatic rings. The molecule has 1 aromatic carbocycles. The molecule has 1 rings (SSSR count). The van der Waals surface area contributed by atoms with E-state index in [-0.39, 0.29) is 5.82 Å². The van der Waals surface area contributed by atoms with Crippen molar-refractivity contribution < 1.29 is 9.13 Å². The molecule has 0 saturated carbocycles. The number of benzene rings is 1. The van der Waals surface area contributed by atoms with Gasteiger partial charge in [0.05, 0.1) is 6.61 Å². The van der Waals surface area contributed by atoms with Crippen LogP contribution in [0.3, 0.4) is 0 Å². The van der Waals surface area contributed by atoms with Crippen molar-refractivity contribution in [1.29, 1.82) is 0 Å². The lowest BCUT2D eigenvalue weighted by molar-refractivity contribution is 0.243. The Morgan fingerprint density at radius 3 is 2.65 bits per heavy atom. The molecule has 0 radical (unpaired) electrons. The number of ether oxygens (including phenoxy) is 1. The topological polar surface area (TPSA) is 21.3 Å². The van der Waals surface area contributed by atoms with Gasteiger partial charge in [-0.05, 0) is 18.2 Å². The summed E-state index contributed by atoms with van der Waals surface area (Å²) in [5.74, 6) is 0.327. The van der Waals surface area contributed by atoms with Crippen molar-refractivity contribution in [1.82, 2.24) is 5.32 Å². The Morgan fingerprint density at radius 2 is 2.06 bits per heavy atom. The van der Waals surface area contributed by atoms with Crippen molar-refractivity contribution >= 4 is 15.9 Å². The highest BCUT2D eigenvalue weighted by atomic mass is 79.9. The van der Waals surface area contributed by atoms with Crippen molar-refractivity contribution in [2.45, 2.75) is 26.8 Å². The van der Waals surface area contributed by atoms with Crippen LogP contribution < -0.4 is 10.1 Å². The number of rotatable bonds is 6. The molecule has 1 N–H and O–H groups in total. The molecule has 0 aliphatic heterocycles. The molecule has 0 spiro atoms. The minimum absolute atomic E-state index is 0.310. The van der Waals surface area contributed by atoms with E-state index in [4.69, 9.17) is 4.74 Å². The summed E-state index contributed by atoms with van der Waals surface area (Å²) < 4.78 is 19.6. The van der Waals surface area contributed by atoms with Crippen molar-refractivity contribution in [3.05, 3.63) is 28.5 Å². The van der Waals surface area contributed by atoms with E-state index >= 15 is 0 Å². The van der Waals surface area contributed by atoms with Crippen LogP contribution in [0.5, 0.6) is 5.75 Å². The second kappa shape index (κ2) is 6.97. The Labute approximate surface area is 111 Å². The third kappa shape index (κ3) is 5.50. The molecule has 0 saturated heterocycles. The third-order valence-electron chi connectivity index (χ3n) is 2.29. The highest BCUT2D eigenvalue weighted by Crippen LogP contribution is 2.21. The average Bonchev–Trinajstić information content (AvgIpc) is 2.25. The Balaban J connectivity index is 2.39. The lowest BCUT2D eigenvalue weighted by atomic mass is 10.2. The fourth-order valence-electron chi connectivity index (χ4n) is 1.32. The maximum atomic E-state index is 13.4. The fraction of sp³-hybridized carbons (Fsp3) is 0.538. The molecule has 96 valence electrons. The maximum Gasteiger partial charge on any atom is 0.166 e. The van der Waals surface area contributed by atoms with Gasteiger partial charge >= 0.3 is 0 Å². The van der Waals surface area contributed by atoms with Gasteiger partial charge in [-0.3, -0.25) is 0 Å². The second-order valence-corrected chi connectivity index (χ2v) is 5.47.